The maximum absolute atomic E-state index is 4.26. The van der Waals surface area contributed by atoms with Crippen LogP contribution < -0.4 is 5.32 Å². The van der Waals surface area contributed by atoms with E-state index in [2.05, 4.69) is 36.1 Å². The summed E-state index contributed by atoms with van der Waals surface area (Å²) in [5.74, 6) is 0. The first-order chi connectivity index (χ1) is 6.77. The van der Waals surface area contributed by atoms with E-state index in [9.17, 15) is 0 Å². The highest BCUT2D eigenvalue weighted by molar-refractivity contribution is 5.08. The fourth-order valence-electron chi connectivity index (χ4n) is 1.61. The predicted molar refractivity (Wildman–Crippen MR) is 59.2 cm³/mol. The lowest BCUT2D eigenvalue weighted by molar-refractivity contribution is 0.459. The molecule has 0 bridgehead atoms. The monoisotopic (exact) mass is 195 g/mol. The summed E-state index contributed by atoms with van der Waals surface area (Å²) in [6.07, 6.45) is 5.44. The summed E-state index contributed by atoms with van der Waals surface area (Å²) in [7, 11) is 0. The fourth-order valence-corrected chi connectivity index (χ4v) is 1.61. The van der Waals surface area contributed by atoms with Gasteiger partial charge in [-0.05, 0) is 19.8 Å². The summed E-state index contributed by atoms with van der Waals surface area (Å²) in [5.41, 5.74) is 2.31. The minimum absolute atomic E-state index is 0.635. The standard InChI is InChI=1S/C11H21N3/c1-4-6-10(5-2)12-7-11-9(3)13-8-14-11/h8,10,12H,4-7H2,1-3H3,(H,13,14). The topological polar surface area (TPSA) is 40.7 Å². The zero-order chi connectivity index (χ0) is 10.4. The van der Waals surface area contributed by atoms with E-state index < -0.39 is 0 Å². The minimum atomic E-state index is 0.635. The average Bonchev–Trinajstić information content (AvgIpc) is 2.59. The van der Waals surface area contributed by atoms with E-state index in [0.717, 1.165) is 12.2 Å². The predicted octanol–water partition coefficient (Wildman–Crippen LogP) is 2.39. The first-order valence-electron chi connectivity index (χ1n) is 5.50. The van der Waals surface area contributed by atoms with E-state index in [-0.39, 0.29) is 0 Å². The second-order valence-corrected chi connectivity index (χ2v) is 3.75. The number of hydrogen-bond donors (Lipinski definition) is 2. The average molecular weight is 195 g/mol. The van der Waals surface area contributed by atoms with Crippen LogP contribution in [0.15, 0.2) is 6.33 Å². The fraction of sp³-hybridized carbons (Fsp3) is 0.727. The van der Waals surface area contributed by atoms with Gasteiger partial charge in [0.05, 0.1) is 12.0 Å². The van der Waals surface area contributed by atoms with Crippen molar-refractivity contribution < 1.29 is 0 Å². The lowest BCUT2D eigenvalue weighted by Crippen LogP contribution is -2.28. The molecule has 14 heavy (non-hydrogen) atoms. The van der Waals surface area contributed by atoms with Crippen LogP contribution in [0.5, 0.6) is 0 Å². The van der Waals surface area contributed by atoms with Crippen LogP contribution in [0, 0.1) is 6.92 Å². The van der Waals surface area contributed by atoms with Crippen molar-refractivity contribution in [3.05, 3.63) is 17.7 Å². The molecule has 0 saturated carbocycles. The smallest absolute Gasteiger partial charge is 0.0925 e. The molecule has 3 nitrogen and oxygen atoms in total. The molecule has 0 aliphatic rings. The number of nitrogens with zero attached hydrogens (tertiary/aromatic N) is 1. The van der Waals surface area contributed by atoms with E-state index in [0.29, 0.717) is 6.04 Å². The van der Waals surface area contributed by atoms with Crippen molar-refractivity contribution in [2.75, 3.05) is 0 Å². The molecule has 3 heteroatoms. The van der Waals surface area contributed by atoms with Gasteiger partial charge in [0.1, 0.15) is 0 Å². The molecule has 0 fully saturated rings. The molecule has 1 atom stereocenters. The third kappa shape index (κ3) is 3.14. The third-order valence-electron chi connectivity index (χ3n) is 2.62. The highest BCUT2D eigenvalue weighted by Gasteiger charge is 2.06. The van der Waals surface area contributed by atoms with Crippen molar-refractivity contribution in [2.24, 2.45) is 0 Å². The molecule has 1 unspecified atom stereocenters. The molecule has 2 N–H and O–H groups in total. The molecule has 0 saturated heterocycles. The molecular formula is C11H21N3. The normalized spacial score (nSPS) is 13.1. The molecule has 1 aromatic heterocycles. The van der Waals surface area contributed by atoms with Gasteiger partial charge >= 0.3 is 0 Å². The quantitative estimate of drug-likeness (QED) is 0.731. The van der Waals surface area contributed by atoms with Crippen LogP contribution in [-0.4, -0.2) is 16.0 Å². The molecule has 0 aliphatic carbocycles. The summed E-state index contributed by atoms with van der Waals surface area (Å²) in [6.45, 7) is 7.40. The summed E-state index contributed by atoms with van der Waals surface area (Å²) in [6, 6.07) is 0.635. The Morgan fingerprint density at radius 2 is 2.29 bits per heavy atom. The zero-order valence-electron chi connectivity index (χ0n) is 9.43. The van der Waals surface area contributed by atoms with Gasteiger partial charge in [-0.15, -0.1) is 0 Å². The number of aryl methyl sites for hydroxylation is 1. The molecule has 1 rings (SSSR count). The van der Waals surface area contributed by atoms with Crippen LogP contribution >= 0.6 is 0 Å². The first kappa shape index (κ1) is 11.2. The van der Waals surface area contributed by atoms with Gasteiger partial charge in [0.25, 0.3) is 0 Å². The number of nitrogens with one attached hydrogen (secondary N) is 2. The van der Waals surface area contributed by atoms with Gasteiger partial charge in [0, 0.05) is 18.3 Å². The molecule has 80 valence electrons. The van der Waals surface area contributed by atoms with Gasteiger partial charge in [-0.25, -0.2) is 4.98 Å². The number of H-pyrrole nitrogens is 1. The van der Waals surface area contributed by atoms with Gasteiger partial charge < -0.3 is 10.3 Å². The second-order valence-electron chi connectivity index (χ2n) is 3.75. The van der Waals surface area contributed by atoms with E-state index in [1.807, 2.05) is 0 Å². The molecule has 1 aromatic rings. The van der Waals surface area contributed by atoms with Crippen LogP contribution in [0.4, 0.5) is 0 Å². The highest BCUT2D eigenvalue weighted by Crippen LogP contribution is 2.04. The Hall–Kier alpha value is -0.830. The summed E-state index contributed by atoms with van der Waals surface area (Å²) >= 11 is 0. The number of hydrogen-bond acceptors (Lipinski definition) is 2. The van der Waals surface area contributed by atoms with Gasteiger partial charge in [-0.2, -0.15) is 0 Å². The van der Waals surface area contributed by atoms with Crippen LogP contribution in [0.3, 0.4) is 0 Å². The number of aromatic amines is 1. The Bertz CT molecular complexity index is 255. The van der Waals surface area contributed by atoms with Gasteiger partial charge in [-0.1, -0.05) is 20.3 Å². The maximum Gasteiger partial charge on any atom is 0.0925 e. The van der Waals surface area contributed by atoms with Crippen molar-refractivity contribution in [3.8, 4) is 0 Å². The lowest BCUT2D eigenvalue weighted by Gasteiger charge is -2.15. The Balaban J connectivity index is 2.35. The second kappa shape index (κ2) is 5.81. The van der Waals surface area contributed by atoms with E-state index in [4.69, 9.17) is 0 Å². The minimum Gasteiger partial charge on any atom is -0.348 e. The zero-order valence-corrected chi connectivity index (χ0v) is 9.43. The summed E-state index contributed by atoms with van der Waals surface area (Å²) < 4.78 is 0. The molecule has 0 amide bonds. The van der Waals surface area contributed by atoms with E-state index >= 15 is 0 Å². The molecule has 0 spiro atoms. The SMILES string of the molecule is CCCC(CC)NCc1nc[nH]c1C. The lowest BCUT2D eigenvalue weighted by atomic mass is 10.1. The van der Waals surface area contributed by atoms with Crippen molar-refractivity contribution >= 4 is 0 Å². The van der Waals surface area contributed by atoms with Crippen LogP contribution in [0.25, 0.3) is 0 Å². The van der Waals surface area contributed by atoms with Gasteiger partial charge in [0.15, 0.2) is 0 Å². The van der Waals surface area contributed by atoms with Crippen LogP contribution in [0.1, 0.15) is 44.5 Å². The van der Waals surface area contributed by atoms with Gasteiger partial charge in [0.2, 0.25) is 0 Å². The Morgan fingerprint density at radius 3 is 2.79 bits per heavy atom. The van der Waals surface area contributed by atoms with Gasteiger partial charge in [-0.3, -0.25) is 0 Å². The number of rotatable bonds is 6. The van der Waals surface area contributed by atoms with Crippen molar-refractivity contribution in [3.63, 3.8) is 0 Å². The first-order valence-corrected chi connectivity index (χ1v) is 5.50. The third-order valence-corrected chi connectivity index (χ3v) is 2.62. The highest BCUT2D eigenvalue weighted by atomic mass is 15.0. The van der Waals surface area contributed by atoms with Crippen molar-refractivity contribution in [1.82, 2.24) is 15.3 Å². The largest absolute Gasteiger partial charge is 0.348 e. The Kier molecular flexibility index (Phi) is 4.66. The van der Waals surface area contributed by atoms with E-state index in [1.54, 1.807) is 6.33 Å². The maximum atomic E-state index is 4.26. The number of aromatic nitrogens is 2. The summed E-state index contributed by atoms with van der Waals surface area (Å²) in [4.78, 5) is 7.36. The molecule has 1 heterocycles. The molecule has 0 aromatic carbocycles. The Labute approximate surface area is 86.3 Å². The molecule has 0 radical (unpaired) electrons. The molecule has 0 aliphatic heterocycles. The van der Waals surface area contributed by atoms with Crippen molar-refractivity contribution in [1.29, 1.82) is 0 Å². The van der Waals surface area contributed by atoms with Crippen LogP contribution in [-0.2, 0) is 6.54 Å². The Morgan fingerprint density at radius 1 is 1.50 bits per heavy atom. The summed E-state index contributed by atoms with van der Waals surface area (Å²) in [5, 5.41) is 3.53. The van der Waals surface area contributed by atoms with Crippen molar-refractivity contribution in [2.45, 2.75) is 52.6 Å². The number of imidazole rings is 1. The van der Waals surface area contributed by atoms with E-state index in [1.165, 1.54) is 25.0 Å². The molecular weight excluding hydrogens is 174 g/mol. The van der Waals surface area contributed by atoms with Crippen LogP contribution in [0.2, 0.25) is 0 Å².